The molecule has 2 atom stereocenters. The minimum absolute atomic E-state index is 0.0571. The zero-order chi connectivity index (χ0) is 67.9. The molecule has 0 bridgehead atoms. The number of hydrogen-bond donors (Lipinski definition) is 2. The highest BCUT2D eigenvalue weighted by molar-refractivity contribution is 7.47. The number of unbranched alkanes of at least 4 members (excludes halogenated alkanes) is 62. The number of carbonyl (C=O) groups excluding carboxylic acids is 2. The zero-order valence-corrected chi connectivity index (χ0v) is 63.9. The fraction of sp³-hybridized carbons (Fsp3) is 0.905. The molecule has 9 nitrogen and oxygen atoms in total. The van der Waals surface area contributed by atoms with Gasteiger partial charge in [0.1, 0.15) is 6.61 Å². The Morgan fingerprint density at radius 2 is 0.553 bits per heavy atom. The average Bonchev–Trinajstić information content (AvgIpc) is 2.74. The van der Waals surface area contributed by atoms with Crippen LogP contribution >= 0.6 is 7.82 Å². The van der Waals surface area contributed by atoms with Gasteiger partial charge in [0.05, 0.1) is 13.2 Å². The quantitative estimate of drug-likeness (QED) is 0.0264. The third-order valence-corrected chi connectivity index (χ3v) is 20.3. The largest absolute Gasteiger partial charge is 0.472 e. The first-order valence-electron chi connectivity index (χ1n) is 42.0. The number of rotatable bonds is 81. The van der Waals surface area contributed by atoms with Crippen LogP contribution < -0.4 is 5.73 Å². The van der Waals surface area contributed by atoms with E-state index in [9.17, 15) is 19.0 Å². The van der Waals surface area contributed by atoms with Gasteiger partial charge in [-0.3, -0.25) is 18.6 Å². The summed E-state index contributed by atoms with van der Waals surface area (Å²) in [7, 11) is -4.39. The molecule has 0 radical (unpaired) electrons. The predicted molar refractivity (Wildman–Crippen MR) is 409 cm³/mol. The van der Waals surface area contributed by atoms with Crippen molar-refractivity contribution in [2.45, 2.75) is 463 Å². The molecule has 3 N–H and O–H groups in total. The fourth-order valence-electron chi connectivity index (χ4n) is 13.1. The van der Waals surface area contributed by atoms with Crippen molar-refractivity contribution in [3.63, 3.8) is 0 Å². The predicted octanol–water partition coefficient (Wildman–Crippen LogP) is 28.2. The number of nitrogens with two attached hydrogens (primary N) is 1. The van der Waals surface area contributed by atoms with E-state index in [4.69, 9.17) is 24.3 Å². The highest BCUT2D eigenvalue weighted by Crippen LogP contribution is 2.43. The molecule has 10 heteroatoms. The van der Waals surface area contributed by atoms with Crippen molar-refractivity contribution in [2.75, 3.05) is 26.4 Å². The third kappa shape index (κ3) is 79.2. The maximum absolute atomic E-state index is 12.8. The number of carbonyl (C=O) groups is 2. The van der Waals surface area contributed by atoms with Crippen molar-refractivity contribution in [2.24, 2.45) is 5.73 Å². The first kappa shape index (κ1) is 92.2. The molecule has 0 saturated carbocycles. The van der Waals surface area contributed by atoms with E-state index < -0.39 is 26.5 Å². The Morgan fingerprint density at radius 1 is 0.319 bits per heavy atom. The minimum atomic E-state index is -4.39. The van der Waals surface area contributed by atoms with Gasteiger partial charge in [0.2, 0.25) is 0 Å². The van der Waals surface area contributed by atoms with Gasteiger partial charge in [-0.25, -0.2) is 4.57 Å². The van der Waals surface area contributed by atoms with Gasteiger partial charge in [0.25, 0.3) is 0 Å². The lowest BCUT2D eigenvalue weighted by Gasteiger charge is -2.19. The molecule has 0 aromatic carbocycles. The summed E-state index contributed by atoms with van der Waals surface area (Å²) in [5.74, 6) is -0.798. The van der Waals surface area contributed by atoms with E-state index in [1.165, 1.54) is 379 Å². The Bertz CT molecular complexity index is 1640. The molecule has 0 spiro atoms. The normalized spacial score (nSPS) is 12.9. The molecule has 0 rings (SSSR count). The maximum Gasteiger partial charge on any atom is 0.472 e. The molecule has 0 aromatic rings. The first-order chi connectivity index (χ1) is 46.3. The molecule has 2 unspecified atom stereocenters. The van der Waals surface area contributed by atoms with Crippen LogP contribution in [0, 0.1) is 0 Å². The van der Waals surface area contributed by atoms with E-state index in [1.54, 1.807) is 0 Å². The summed E-state index contributed by atoms with van der Waals surface area (Å²) in [6.45, 7) is 3.83. The lowest BCUT2D eigenvalue weighted by atomic mass is 10.0. The highest BCUT2D eigenvalue weighted by Gasteiger charge is 2.26. The second-order valence-corrected chi connectivity index (χ2v) is 30.2. The summed E-state index contributed by atoms with van der Waals surface area (Å²) in [6, 6.07) is 0. The van der Waals surface area contributed by atoms with Crippen molar-refractivity contribution in [3.8, 4) is 0 Å². The Balaban J connectivity index is 3.72. The van der Waals surface area contributed by atoms with Crippen molar-refractivity contribution >= 4 is 19.8 Å². The summed E-state index contributed by atoms with van der Waals surface area (Å²) >= 11 is 0. The molecular formula is C84H162NO8P. The molecular weight excluding hydrogens is 1180 g/mol. The second-order valence-electron chi connectivity index (χ2n) is 28.7. The number of phosphoric ester groups is 1. The number of allylic oxidation sites excluding steroid dienone is 6. The molecule has 556 valence electrons. The average molecular weight is 1350 g/mol. The molecule has 0 aliphatic carbocycles. The zero-order valence-electron chi connectivity index (χ0n) is 63.0. The summed E-state index contributed by atoms with van der Waals surface area (Å²) in [5.41, 5.74) is 5.42. The van der Waals surface area contributed by atoms with Crippen LogP contribution in [0.1, 0.15) is 457 Å². The SMILES string of the molecule is CCCCCCC/C=C\C/C=C\C/C=C\CCCCCCCCCCCCCCCCCCCCCCCCCCC(=O)OC(COC(=O)CCCCCCCCCCCCCCCCCCCCCCCCCCCCCCCCCCCC)COP(=O)(O)OCCN. The van der Waals surface area contributed by atoms with Gasteiger partial charge in [-0.2, -0.15) is 0 Å². The summed E-state index contributed by atoms with van der Waals surface area (Å²) < 4.78 is 33.3. The van der Waals surface area contributed by atoms with Gasteiger partial charge in [-0.15, -0.1) is 0 Å². The number of ether oxygens (including phenoxy) is 2. The molecule has 0 saturated heterocycles. The van der Waals surface area contributed by atoms with E-state index in [-0.39, 0.29) is 38.6 Å². The summed E-state index contributed by atoms with van der Waals surface area (Å²) in [4.78, 5) is 35.5. The van der Waals surface area contributed by atoms with Crippen LogP contribution in [0.15, 0.2) is 36.5 Å². The smallest absolute Gasteiger partial charge is 0.462 e. The van der Waals surface area contributed by atoms with E-state index in [1.807, 2.05) is 0 Å². The molecule has 0 fully saturated rings. The van der Waals surface area contributed by atoms with Gasteiger partial charge >= 0.3 is 19.8 Å². The van der Waals surface area contributed by atoms with Crippen LogP contribution in [0.3, 0.4) is 0 Å². The van der Waals surface area contributed by atoms with Gasteiger partial charge in [-0.05, 0) is 51.4 Å². The van der Waals surface area contributed by atoms with Crippen molar-refractivity contribution in [1.82, 2.24) is 0 Å². The lowest BCUT2D eigenvalue weighted by molar-refractivity contribution is -0.161. The number of hydrogen-bond acceptors (Lipinski definition) is 8. The van der Waals surface area contributed by atoms with Crippen LogP contribution in [-0.2, 0) is 32.7 Å². The van der Waals surface area contributed by atoms with Crippen LogP contribution in [0.4, 0.5) is 0 Å². The van der Waals surface area contributed by atoms with Crippen LogP contribution in [0.2, 0.25) is 0 Å². The Labute approximate surface area is 585 Å². The molecule has 94 heavy (non-hydrogen) atoms. The van der Waals surface area contributed by atoms with Crippen LogP contribution in [0.25, 0.3) is 0 Å². The monoisotopic (exact) mass is 1340 g/mol. The molecule has 0 aliphatic heterocycles. The third-order valence-electron chi connectivity index (χ3n) is 19.3. The second kappa shape index (κ2) is 80.2. The van der Waals surface area contributed by atoms with E-state index >= 15 is 0 Å². The topological polar surface area (TPSA) is 134 Å². The highest BCUT2D eigenvalue weighted by atomic mass is 31.2. The van der Waals surface area contributed by atoms with Crippen molar-refractivity contribution in [3.05, 3.63) is 36.5 Å². The van der Waals surface area contributed by atoms with Crippen molar-refractivity contribution < 1.29 is 37.6 Å². The van der Waals surface area contributed by atoms with Gasteiger partial charge < -0.3 is 20.1 Å². The first-order valence-corrected chi connectivity index (χ1v) is 43.5. The molecule has 0 heterocycles. The van der Waals surface area contributed by atoms with Gasteiger partial charge in [0.15, 0.2) is 6.10 Å². The van der Waals surface area contributed by atoms with Gasteiger partial charge in [0, 0.05) is 19.4 Å². The minimum Gasteiger partial charge on any atom is -0.462 e. The number of esters is 2. The van der Waals surface area contributed by atoms with E-state index in [0.29, 0.717) is 6.42 Å². The Morgan fingerprint density at radius 3 is 0.819 bits per heavy atom. The van der Waals surface area contributed by atoms with Crippen LogP contribution in [0.5, 0.6) is 0 Å². The lowest BCUT2D eigenvalue weighted by Crippen LogP contribution is -2.29. The molecule has 0 aliphatic rings. The maximum atomic E-state index is 12.8. The summed E-state index contributed by atoms with van der Waals surface area (Å²) in [5, 5.41) is 0. The van der Waals surface area contributed by atoms with E-state index in [0.717, 1.165) is 44.9 Å². The Kier molecular flexibility index (Phi) is 78.7. The molecule has 0 amide bonds. The van der Waals surface area contributed by atoms with E-state index in [2.05, 4.69) is 50.3 Å². The van der Waals surface area contributed by atoms with Crippen molar-refractivity contribution in [1.29, 1.82) is 0 Å². The standard InChI is InChI=1S/C84H162NO8P/c1-3-5-7-9-11-13-15-17-19-21-23-25-27-29-31-33-35-37-39-40-41-42-43-45-47-49-51-53-55-57-59-61-63-65-67-69-71-73-75-77-84(87)93-82(81-92-94(88,89)91-79-78-85)80-90-83(86)76-74-72-70-68-66-64-62-60-58-56-54-52-50-48-46-44-38-36-34-32-30-28-26-24-22-20-18-16-14-12-10-8-6-4-2/h15,17,21,23,27,29,82H,3-14,16,18-20,22,24-26,28,30-81,85H2,1-2H3,(H,88,89)/b17-15-,23-21-,29-27-. The molecule has 0 aromatic heterocycles. The van der Waals surface area contributed by atoms with Gasteiger partial charge in [-0.1, -0.05) is 429 Å². The van der Waals surface area contributed by atoms with Crippen LogP contribution in [-0.4, -0.2) is 49.3 Å². The Hall–Kier alpha value is -1.77. The number of phosphoric acid groups is 1. The summed E-state index contributed by atoms with van der Waals surface area (Å²) in [6.07, 6.45) is 103. The fourth-order valence-corrected chi connectivity index (χ4v) is 13.8.